The highest BCUT2D eigenvalue weighted by molar-refractivity contribution is 5.80. The number of para-hydroxylation sites is 1. The van der Waals surface area contributed by atoms with Crippen LogP contribution >= 0.6 is 0 Å². The average Bonchev–Trinajstić information content (AvgIpc) is 2.68. The van der Waals surface area contributed by atoms with Crippen molar-refractivity contribution in [2.24, 2.45) is 0 Å². The first-order chi connectivity index (χ1) is 12.7. The van der Waals surface area contributed by atoms with Crippen molar-refractivity contribution in [2.45, 2.75) is 0 Å². The molecule has 2 aromatic carbocycles. The molecule has 2 aromatic heterocycles. The molecule has 0 bridgehead atoms. The molecule has 0 spiro atoms. The molecule has 5 heteroatoms. The quantitative estimate of drug-likeness (QED) is 0.563. The van der Waals surface area contributed by atoms with Crippen LogP contribution in [0.3, 0.4) is 0 Å². The molecule has 0 atom stereocenters. The Balaban J connectivity index is 1.95. The first-order valence-corrected chi connectivity index (χ1v) is 8.08. The van der Waals surface area contributed by atoms with E-state index >= 15 is 0 Å². The molecule has 0 radical (unpaired) electrons. The van der Waals surface area contributed by atoms with Gasteiger partial charge in [0.1, 0.15) is 11.6 Å². The fourth-order valence-electron chi connectivity index (χ4n) is 2.75. The van der Waals surface area contributed by atoms with Crippen LogP contribution in [-0.4, -0.2) is 14.5 Å². The van der Waals surface area contributed by atoms with Gasteiger partial charge < -0.3 is 0 Å². The van der Waals surface area contributed by atoms with Crippen LogP contribution in [0, 0.1) is 5.82 Å². The summed E-state index contributed by atoms with van der Waals surface area (Å²) in [6.07, 6.45) is 7.01. The molecule has 4 rings (SSSR count). The minimum Gasteiger partial charge on any atom is -0.268 e. The monoisotopic (exact) mass is 343 g/mol. The van der Waals surface area contributed by atoms with Gasteiger partial charge in [-0.25, -0.2) is 9.37 Å². The molecule has 0 aliphatic carbocycles. The molecule has 0 amide bonds. The van der Waals surface area contributed by atoms with Gasteiger partial charge in [0.25, 0.3) is 5.56 Å². The normalized spacial score (nSPS) is 11.3. The molecular weight excluding hydrogens is 329 g/mol. The summed E-state index contributed by atoms with van der Waals surface area (Å²) in [7, 11) is 0. The minimum atomic E-state index is -0.358. The molecule has 0 saturated carbocycles. The Morgan fingerprint density at radius 2 is 1.73 bits per heavy atom. The fourth-order valence-corrected chi connectivity index (χ4v) is 2.75. The predicted molar refractivity (Wildman–Crippen MR) is 100 cm³/mol. The zero-order valence-corrected chi connectivity index (χ0v) is 13.7. The molecule has 126 valence electrons. The van der Waals surface area contributed by atoms with E-state index in [0.29, 0.717) is 22.4 Å². The number of halogens is 1. The van der Waals surface area contributed by atoms with E-state index in [9.17, 15) is 9.18 Å². The molecule has 4 nitrogen and oxygen atoms in total. The van der Waals surface area contributed by atoms with Gasteiger partial charge in [0, 0.05) is 12.4 Å². The maximum Gasteiger partial charge on any atom is 0.266 e. The highest BCUT2D eigenvalue weighted by Crippen LogP contribution is 2.15. The number of hydrogen-bond acceptors (Lipinski definition) is 3. The Labute approximate surface area is 148 Å². The van der Waals surface area contributed by atoms with Crippen LogP contribution in [-0.2, 0) is 0 Å². The van der Waals surface area contributed by atoms with Crippen molar-refractivity contribution in [3.63, 3.8) is 0 Å². The van der Waals surface area contributed by atoms with Gasteiger partial charge in [0.2, 0.25) is 0 Å². The molecule has 0 aliphatic rings. The maximum atomic E-state index is 13.3. The summed E-state index contributed by atoms with van der Waals surface area (Å²) in [6.45, 7) is 0. The van der Waals surface area contributed by atoms with Crippen molar-refractivity contribution >= 4 is 23.1 Å². The van der Waals surface area contributed by atoms with Crippen LogP contribution in [0.1, 0.15) is 11.4 Å². The highest BCUT2D eigenvalue weighted by atomic mass is 19.1. The van der Waals surface area contributed by atoms with E-state index in [0.717, 1.165) is 5.56 Å². The zero-order valence-electron chi connectivity index (χ0n) is 13.7. The van der Waals surface area contributed by atoms with E-state index in [-0.39, 0.29) is 11.4 Å². The van der Waals surface area contributed by atoms with Gasteiger partial charge in [-0.05, 0) is 60.2 Å². The molecule has 0 saturated heterocycles. The summed E-state index contributed by atoms with van der Waals surface area (Å²) < 4.78 is 14.8. The molecular formula is C21H14FN3O. The second-order valence-electron chi connectivity index (χ2n) is 5.72. The topological polar surface area (TPSA) is 47.8 Å². The van der Waals surface area contributed by atoms with E-state index < -0.39 is 0 Å². The second kappa shape index (κ2) is 6.72. The molecule has 0 aliphatic heterocycles. The maximum absolute atomic E-state index is 13.3. The summed E-state index contributed by atoms with van der Waals surface area (Å²) in [6, 6.07) is 16.7. The van der Waals surface area contributed by atoms with Crippen molar-refractivity contribution < 1.29 is 4.39 Å². The van der Waals surface area contributed by atoms with E-state index in [1.807, 2.05) is 24.3 Å². The summed E-state index contributed by atoms with van der Waals surface area (Å²) in [5.41, 5.74) is 1.86. The molecule has 0 unspecified atom stereocenters. The summed E-state index contributed by atoms with van der Waals surface area (Å²) in [4.78, 5) is 21.7. The van der Waals surface area contributed by atoms with Gasteiger partial charge in [-0.15, -0.1) is 0 Å². The summed E-state index contributed by atoms with van der Waals surface area (Å²) in [5.74, 6) is 0.104. The van der Waals surface area contributed by atoms with Crippen LogP contribution < -0.4 is 5.56 Å². The molecule has 0 N–H and O–H groups in total. The van der Waals surface area contributed by atoms with E-state index in [4.69, 9.17) is 0 Å². The summed E-state index contributed by atoms with van der Waals surface area (Å²) in [5, 5.41) is 0.510. The number of fused-ring (bicyclic) bond motifs is 1. The smallest absolute Gasteiger partial charge is 0.266 e. The first-order valence-electron chi connectivity index (χ1n) is 8.08. The molecule has 2 heterocycles. The number of nitrogens with zero attached hydrogens (tertiary/aromatic N) is 3. The number of pyridine rings is 1. The number of hydrogen-bond donors (Lipinski definition) is 0. The summed E-state index contributed by atoms with van der Waals surface area (Å²) >= 11 is 0. The van der Waals surface area contributed by atoms with E-state index in [1.54, 1.807) is 48.8 Å². The lowest BCUT2D eigenvalue weighted by Crippen LogP contribution is -2.22. The van der Waals surface area contributed by atoms with Crippen LogP contribution in [0.4, 0.5) is 4.39 Å². The Morgan fingerprint density at radius 1 is 0.923 bits per heavy atom. The largest absolute Gasteiger partial charge is 0.268 e. The van der Waals surface area contributed by atoms with Gasteiger partial charge in [-0.2, -0.15) is 0 Å². The second-order valence-corrected chi connectivity index (χ2v) is 5.72. The van der Waals surface area contributed by atoms with Gasteiger partial charge in [0.15, 0.2) is 0 Å². The Bertz CT molecular complexity index is 1150. The first kappa shape index (κ1) is 15.9. The van der Waals surface area contributed by atoms with Gasteiger partial charge in [-0.3, -0.25) is 14.3 Å². The Morgan fingerprint density at radius 3 is 2.50 bits per heavy atom. The molecule has 0 fully saturated rings. The van der Waals surface area contributed by atoms with Gasteiger partial charge in [-0.1, -0.05) is 18.2 Å². The highest BCUT2D eigenvalue weighted by Gasteiger charge is 2.11. The lowest BCUT2D eigenvalue weighted by molar-refractivity contribution is 0.627. The zero-order chi connectivity index (χ0) is 17.9. The van der Waals surface area contributed by atoms with E-state index in [1.165, 1.54) is 16.7 Å². The standard InChI is InChI=1S/C21H14FN3O/c22-16-8-10-17(11-9-16)25-20(12-7-15-4-3-13-23-14-15)24-19-6-2-1-5-18(19)21(25)26/h1-14H. The predicted octanol–water partition coefficient (Wildman–Crippen LogP) is 4.09. The van der Waals surface area contributed by atoms with Crippen LogP contribution in [0.5, 0.6) is 0 Å². The minimum absolute atomic E-state index is 0.201. The van der Waals surface area contributed by atoms with Crippen LogP contribution in [0.15, 0.2) is 77.9 Å². The lowest BCUT2D eigenvalue weighted by Gasteiger charge is -2.11. The average molecular weight is 343 g/mol. The number of aromatic nitrogens is 3. The van der Waals surface area contributed by atoms with Gasteiger partial charge in [0.05, 0.1) is 16.6 Å². The lowest BCUT2D eigenvalue weighted by atomic mass is 10.2. The third-order valence-electron chi connectivity index (χ3n) is 4.00. The van der Waals surface area contributed by atoms with Crippen molar-refractivity contribution in [3.05, 3.63) is 101 Å². The van der Waals surface area contributed by atoms with Crippen LogP contribution in [0.25, 0.3) is 28.7 Å². The Kier molecular flexibility index (Phi) is 4.11. The van der Waals surface area contributed by atoms with Gasteiger partial charge >= 0.3 is 0 Å². The van der Waals surface area contributed by atoms with Crippen molar-refractivity contribution in [1.29, 1.82) is 0 Å². The fraction of sp³-hybridized carbons (Fsp3) is 0. The SMILES string of the molecule is O=c1c2ccccc2nc(C=Cc2cccnc2)n1-c1ccc(F)cc1. The molecule has 4 aromatic rings. The third-order valence-corrected chi connectivity index (χ3v) is 4.00. The Hall–Kier alpha value is -3.60. The van der Waals surface area contributed by atoms with Crippen molar-refractivity contribution in [3.8, 4) is 5.69 Å². The molecule has 26 heavy (non-hydrogen) atoms. The number of rotatable bonds is 3. The number of benzene rings is 2. The van der Waals surface area contributed by atoms with Crippen molar-refractivity contribution in [2.75, 3.05) is 0 Å². The third kappa shape index (κ3) is 3.02. The van der Waals surface area contributed by atoms with Crippen molar-refractivity contribution in [1.82, 2.24) is 14.5 Å². The van der Waals surface area contributed by atoms with E-state index in [2.05, 4.69) is 9.97 Å². The van der Waals surface area contributed by atoms with Crippen LogP contribution in [0.2, 0.25) is 0 Å².